The Kier molecular flexibility index (Phi) is 3.62. The Morgan fingerprint density at radius 3 is 3.05 bits per heavy atom. The van der Waals surface area contributed by atoms with Gasteiger partial charge in [0, 0.05) is 23.4 Å². The zero-order chi connectivity index (χ0) is 14.2. The van der Waals surface area contributed by atoms with Crippen LogP contribution in [0.5, 0.6) is 0 Å². The van der Waals surface area contributed by atoms with Gasteiger partial charge in [0.25, 0.3) is 0 Å². The lowest BCUT2D eigenvalue weighted by Crippen LogP contribution is -2.26. The highest BCUT2D eigenvalue weighted by Gasteiger charge is 2.32. The molecular formula is C14H16BrN3O2. The van der Waals surface area contributed by atoms with E-state index >= 15 is 0 Å². The maximum absolute atomic E-state index is 5.77. The van der Waals surface area contributed by atoms with Crippen LogP contribution >= 0.6 is 15.9 Å². The van der Waals surface area contributed by atoms with Crippen molar-refractivity contribution in [2.75, 3.05) is 18.5 Å². The molecule has 1 N–H and O–H groups in total. The smallest absolute Gasteiger partial charge is 0.163 e. The molecule has 1 saturated heterocycles. The molecule has 0 radical (unpaired) electrons. The first-order valence-electron chi connectivity index (χ1n) is 6.49. The van der Waals surface area contributed by atoms with E-state index in [0.717, 1.165) is 21.2 Å². The Balaban J connectivity index is 1.75. The molecule has 1 aliphatic heterocycles. The lowest BCUT2D eigenvalue weighted by atomic mass is 10.2. The highest BCUT2D eigenvalue weighted by molar-refractivity contribution is 9.10. The normalized spacial score (nSPS) is 21.2. The van der Waals surface area contributed by atoms with Crippen LogP contribution in [0, 0.1) is 0 Å². The van der Waals surface area contributed by atoms with Crippen molar-refractivity contribution in [1.82, 2.24) is 9.97 Å². The molecule has 3 heterocycles. The minimum Gasteiger partial charge on any atom is -0.380 e. The van der Waals surface area contributed by atoms with E-state index in [4.69, 9.17) is 9.47 Å². The third-order valence-corrected chi connectivity index (χ3v) is 3.57. The van der Waals surface area contributed by atoms with E-state index in [1.165, 1.54) is 0 Å². The van der Waals surface area contributed by atoms with Gasteiger partial charge in [-0.2, -0.15) is 0 Å². The first kappa shape index (κ1) is 13.7. The van der Waals surface area contributed by atoms with Crippen molar-refractivity contribution >= 4 is 32.7 Å². The number of aromatic nitrogens is 2. The van der Waals surface area contributed by atoms with E-state index in [0.29, 0.717) is 13.2 Å². The maximum atomic E-state index is 5.77. The molecule has 1 atom stereocenters. The quantitative estimate of drug-likeness (QED) is 0.933. The highest BCUT2D eigenvalue weighted by atomic mass is 79.9. The predicted molar refractivity (Wildman–Crippen MR) is 80.6 cm³/mol. The van der Waals surface area contributed by atoms with Crippen molar-refractivity contribution in [3.63, 3.8) is 0 Å². The molecule has 5 nitrogen and oxygen atoms in total. The number of nitrogens with zero attached hydrogens (tertiary/aromatic N) is 2. The van der Waals surface area contributed by atoms with Gasteiger partial charge in [-0.3, -0.25) is 9.97 Å². The molecule has 3 rings (SSSR count). The number of anilines is 1. The van der Waals surface area contributed by atoms with Gasteiger partial charge >= 0.3 is 0 Å². The van der Waals surface area contributed by atoms with Gasteiger partial charge in [0.05, 0.1) is 17.8 Å². The minimum absolute atomic E-state index is 0.0451. The van der Waals surface area contributed by atoms with Crippen LogP contribution in [-0.2, 0) is 9.47 Å². The average molecular weight is 338 g/mol. The summed E-state index contributed by atoms with van der Waals surface area (Å²) in [4.78, 5) is 8.73. The van der Waals surface area contributed by atoms with Gasteiger partial charge in [0.2, 0.25) is 0 Å². The van der Waals surface area contributed by atoms with Crippen LogP contribution in [0.4, 0.5) is 5.69 Å². The van der Waals surface area contributed by atoms with E-state index in [-0.39, 0.29) is 6.10 Å². The van der Waals surface area contributed by atoms with Gasteiger partial charge in [0.15, 0.2) is 5.79 Å². The standard InChI is InChI=1S/C14H16BrN3O2/c1-14(2)19-8-10(20-14)7-17-11-3-4-16-12-5-9(15)6-18-13(11)12/h3-6,10H,7-8H2,1-2H3,(H,16,17). The van der Waals surface area contributed by atoms with E-state index in [2.05, 4.69) is 31.2 Å². The second kappa shape index (κ2) is 5.27. The summed E-state index contributed by atoms with van der Waals surface area (Å²) in [6.07, 6.45) is 3.59. The van der Waals surface area contributed by atoms with Gasteiger partial charge in [-0.05, 0) is 41.9 Å². The molecule has 6 heteroatoms. The molecule has 2 aromatic heterocycles. The molecule has 1 aliphatic rings. The van der Waals surface area contributed by atoms with Crippen LogP contribution in [0.3, 0.4) is 0 Å². The van der Waals surface area contributed by atoms with Crippen molar-refractivity contribution in [3.05, 3.63) is 29.0 Å². The number of rotatable bonds is 3. The van der Waals surface area contributed by atoms with Crippen molar-refractivity contribution in [3.8, 4) is 0 Å². The molecule has 106 valence electrons. The summed E-state index contributed by atoms with van der Waals surface area (Å²) < 4.78 is 12.2. The lowest BCUT2D eigenvalue weighted by Gasteiger charge is -2.17. The predicted octanol–water partition coefficient (Wildman–Crippen LogP) is 2.96. The summed E-state index contributed by atoms with van der Waals surface area (Å²) in [6.45, 7) is 5.13. The van der Waals surface area contributed by atoms with E-state index in [1.807, 2.05) is 26.0 Å². The van der Waals surface area contributed by atoms with Gasteiger partial charge in [-0.25, -0.2) is 0 Å². The summed E-state index contributed by atoms with van der Waals surface area (Å²) in [6, 6.07) is 3.87. The Morgan fingerprint density at radius 2 is 2.30 bits per heavy atom. The third-order valence-electron chi connectivity index (χ3n) is 3.13. The molecule has 2 aromatic rings. The topological polar surface area (TPSA) is 56.3 Å². The number of hydrogen-bond donors (Lipinski definition) is 1. The Bertz CT molecular complexity index is 633. The first-order chi connectivity index (χ1) is 9.53. The Labute approximate surface area is 125 Å². The highest BCUT2D eigenvalue weighted by Crippen LogP contribution is 2.25. The summed E-state index contributed by atoms with van der Waals surface area (Å²) in [5.74, 6) is -0.490. The zero-order valence-electron chi connectivity index (χ0n) is 11.4. The number of hydrogen-bond acceptors (Lipinski definition) is 5. The van der Waals surface area contributed by atoms with Crippen molar-refractivity contribution < 1.29 is 9.47 Å². The third kappa shape index (κ3) is 2.92. The van der Waals surface area contributed by atoms with E-state index in [1.54, 1.807) is 12.4 Å². The number of halogens is 1. The molecule has 1 fully saturated rings. The van der Waals surface area contributed by atoms with Gasteiger partial charge in [-0.15, -0.1) is 0 Å². The monoisotopic (exact) mass is 337 g/mol. The zero-order valence-corrected chi connectivity index (χ0v) is 13.0. The summed E-state index contributed by atoms with van der Waals surface area (Å²) in [5, 5.41) is 3.36. The van der Waals surface area contributed by atoms with Crippen LogP contribution in [-0.4, -0.2) is 35.0 Å². The summed E-state index contributed by atoms with van der Waals surface area (Å²) >= 11 is 3.40. The SMILES string of the molecule is CC1(C)OCC(CNc2ccnc3cc(Br)cnc23)O1. The maximum Gasteiger partial charge on any atom is 0.163 e. The average Bonchev–Trinajstić information content (AvgIpc) is 2.75. The molecule has 0 aromatic carbocycles. The summed E-state index contributed by atoms with van der Waals surface area (Å²) in [7, 11) is 0. The number of pyridine rings is 2. The fraction of sp³-hybridized carbons (Fsp3) is 0.429. The van der Waals surface area contributed by atoms with Crippen molar-refractivity contribution in [2.45, 2.75) is 25.7 Å². The Hall–Kier alpha value is -1.24. The molecular weight excluding hydrogens is 322 g/mol. The molecule has 0 amide bonds. The Morgan fingerprint density at radius 1 is 1.45 bits per heavy atom. The molecule has 0 aliphatic carbocycles. The van der Waals surface area contributed by atoms with Crippen LogP contribution in [0.15, 0.2) is 29.0 Å². The van der Waals surface area contributed by atoms with Crippen LogP contribution < -0.4 is 5.32 Å². The van der Waals surface area contributed by atoms with Crippen LogP contribution in [0.1, 0.15) is 13.8 Å². The first-order valence-corrected chi connectivity index (χ1v) is 7.29. The molecule has 0 saturated carbocycles. The van der Waals surface area contributed by atoms with Gasteiger partial charge in [-0.1, -0.05) is 0 Å². The molecule has 0 bridgehead atoms. The number of nitrogens with one attached hydrogen (secondary N) is 1. The van der Waals surface area contributed by atoms with E-state index < -0.39 is 5.79 Å². The largest absolute Gasteiger partial charge is 0.380 e. The lowest BCUT2D eigenvalue weighted by molar-refractivity contribution is -0.136. The van der Waals surface area contributed by atoms with Crippen LogP contribution in [0.2, 0.25) is 0 Å². The second-order valence-corrected chi connectivity index (χ2v) is 6.13. The molecule has 20 heavy (non-hydrogen) atoms. The van der Waals surface area contributed by atoms with Crippen molar-refractivity contribution in [2.24, 2.45) is 0 Å². The summed E-state index contributed by atoms with van der Waals surface area (Å²) in [5.41, 5.74) is 2.66. The minimum atomic E-state index is -0.490. The van der Waals surface area contributed by atoms with Crippen LogP contribution in [0.25, 0.3) is 11.0 Å². The van der Waals surface area contributed by atoms with Crippen molar-refractivity contribution in [1.29, 1.82) is 0 Å². The number of fused-ring (bicyclic) bond motifs is 1. The molecule has 1 unspecified atom stereocenters. The fourth-order valence-electron chi connectivity index (χ4n) is 2.24. The van der Waals surface area contributed by atoms with E-state index in [9.17, 15) is 0 Å². The van der Waals surface area contributed by atoms with Gasteiger partial charge in [0.1, 0.15) is 11.6 Å². The second-order valence-electron chi connectivity index (χ2n) is 5.21. The number of ether oxygens (including phenoxy) is 2. The fourth-order valence-corrected chi connectivity index (χ4v) is 2.55. The van der Waals surface area contributed by atoms with Gasteiger partial charge < -0.3 is 14.8 Å². The molecule has 0 spiro atoms.